The fourth-order valence-corrected chi connectivity index (χ4v) is 4.85. The van der Waals surface area contributed by atoms with Gasteiger partial charge in [0.05, 0.1) is 6.04 Å². The Balaban J connectivity index is 1.73. The lowest BCUT2D eigenvalue weighted by molar-refractivity contribution is -0.132. The second-order valence-electron chi connectivity index (χ2n) is 10.2. The number of unbranched alkanes of at least 4 members (excludes halogenated alkanes) is 1. The Labute approximate surface area is 223 Å². The number of Topliss-reactive ketones (excluding diaryl/α,β-unsaturated/α-hetero) is 1. The number of carbonyl (C=O) groups is 3. The van der Waals surface area contributed by atoms with E-state index >= 15 is 0 Å². The topological polar surface area (TPSA) is 97.1 Å². The number of aliphatic hydroxyl groups is 1. The summed E-state index contributed by atoms with van der Waals surface area (Å²) in [6.07, 6.45) is 1.26. The van der Waals surface area contributed by atoms with Gasteiger partial charge < -0.3 is 14.3 Å². The van der Waals surface area contributed by atoms with Gasteiger partial charge in [-0.05, 0) is 49.3 Å². The molecule has 1 aliphatic heterocycles. The van der Waals surface area contributed by atoms with E-state index in [4.69, 9.17) is 9.15 Å². The lowest BCUT2D eigenvalue weighted by Gasteiger charge is -2.26. The van der Waals surface area contributed by atoms with Crippen LogP contribution in [0.2, 0.25) is 0 Å². The molecule has 1 fully saturated rings. The largest absolute Gasteiger partial charge is 0.457 e. The van der Waals surface area contributed by atoms with E-state index < -0.39 is 29.7 Å². The highest BCUT2D eigenvalue weighted by Gasteiger charge is 2.44. The monoisotopic (exact) mass is 517 g/mol. The molecular formula is C31H35NO6. The fourth-order valence-electron chi connectivity index (χ4n) is 4.85. The van der Waals surface area contributed by atoms with Crippen LogP contribution in [0, 0.1) is 18.8 Å². The van der Waals surface area contributed by atoms with Crippen molar-refractivity contribution in [3.63, 3.8) is 0 Å². The van der Waals surface area contributed by atoms with E-state index in [1.807, 2.05) is 75.4 Å². The molecule has 2 heterocycles. The molecule has 7 heteroatoms. The van der Waals surface area contributed by atoms with Crippen LogP contribution in [0.1, 0.15) is 54.1 Å². The molecule has 200 valence electrons. The summed E-state index contributed by atoms with van der Waals surface area (Å²) in [5, 5.41) is 9.26. The van der Waals surface area contributed by atoms with Gasteiger partial charge in [-0.3, -0.25) is 9.59 Å². The Bertz CT molecular complexity index is 1280. The number of nitrogens with zero attached hydrogens (tertiary/aromatic N) is 1. The Hall–Kier alpha value is -3.71. The van der Waals surface area contributed by atoms with Gasteiger partial charge in [0.15, 0.2) is 5.76 Å². The average Bonchev–Trinajstić information content (AvgIpc) is 3.51. The predicted molar refractivity (Wildman–Crippen MR) is 144 cm³/mol. The average molecular weight is 518 g/mol. The van der Waals surface area contributed by atoms with E-state index in [0.717, 1.165) is 27.2 Å². The number of imide groups is 1. The van der Waals surface area contributed by atoms with Crippen LogP contribution in [0.15, 0.2) is 65.1 Å². The minimum absolute atomic E-state index is 0.0208. The molecule has 1 aromatic heterocycles. The highest BCUT2D eigenvalue weighted by molar-refractivity contribution is 6.12. The van der Waals surface area contributed by atoms with Crippen LogP contribution in [0.4, 0.5) is 4.79 Å². The molecule has 0 bridgehead atoms. The number of ether oxygens (including phenoxy) is 1. The van der Waals surface area contributed by atoms with E-state index in [2.05, 4.69) is 0 Å². The van der Waals surface area contributed by atoms with Gasteiger partial charge in [0.25, 0.3) is 0 Å². The van der Waals surface area contributed by atoms with Crippen LogP contribution in [0.3, 0.4) is 0 Å². The summed E-state index contributed by atoms with van der Waals surface area (Å²) < 4.78 is 11.3. The minimum Gasteiger partial charge on any atom is -0.457 e. The lowest BCUT2D eigenvalue weighted by Crippen LogP contribution is -2.47. The summed E-state index contributed by atoms with van der Waals surface area (Å²) >= 11 is 0. The number of aryl methyl sites for hydroxylation is 2. The van der Waals surface area contributed by atoms with Gasteiger partial charge in [0, 0.05) is 18.6 Å². The van der Waals surface area contributed by atoms with Crippen molar-refractivity contribution in [2.75, 3.05) is 13.2 Å². The molecule has 7 nitrogen and oxygen atoms in total. The van der Waals surface area contributed by atoms with Gasteiger partial charge in [0.2, 0.25) is 11.7 Å². The molecule has 0 radical (unpaired) electrons. The van der Waals surface area contributed by atoms with Crippen LogP contribution in [0.5, 0.6) is 0 Å². The van der Waals surface area contributed by atoms with Gasteiger partial charge in [-0.25, -0.2) is 9.69 Å². The molecule has 0 unspecified atom stereocenters. The summed E-state index contributed by atoms with van der Waals surface area (Å²) in [7, 11) is 0. The first-order valence-corrected chi connectivity index (χ1v) is 13.2. The Morgan fingerprint density at radius 3 is 2.50 bits per heavy atom. The molecule has 2 atom stereocenters. The summed E-state index contributed by atoms with van der Waals surface area (Å²) in [4.78, 5) is 41.5. The van der Waals surface area contributed by atoms with E-state index in [1.165, 1.54) is 0 Å². The highest BCUT2D eigenvalue weighted by Crippen LogP contribution is 2.32. The number of aliphatic hydroxyl groups excluding tert-OH is 1. The standard InChI is InChI=1S/C31H35NO6/c1-20(2)26-19-37-31(36)32(26)30(35)25(17-22-11-5-4-6-12-22)29(34)28-18-24(23-13-9-10-21(3)16-23)27(38-28)14-7-8-15-33/h4-6,9-13,16,18,20,25-26,33H,7-8,14-15,17,19H2,1-3H3/t25-,26+/m1/s1. The van der Waals surface area contributed by atoms with Gasteiger partial charge in [0.1, 0.15) is 18.3 Å². The van der Waals surface area contributed by atoms with Gasteiger partial charge in [-0.2, -0.15) is 0 Å². The molecule has 0 aliphatic carbocycles. The molecular weight excluding hydrogens is 482 g/mol. The third-order valence-electron chi connectivity index (χ3n) is 7.00. The molecule has 0 saturated carbocycles. The molecule has 38 heavy (non-hydrogen) atoms. The number of benzene rings is 2. The third kappa shape index (κ3) is 6.05. The highest BCUT2D eigenvalue weighted by atomic mass is 16.6. The number of ketones is 1. The Morgan fingerprint density at radius 1 is 1.05 bits per heavy atom. The summed E-state index contributed by atoms with van der Waals surface area (Å²) in [6.45, 7) is 6.01. The first-order chi connectivity index (χ1) is 18.3. The lowest BCUT2D eigenvalue weighted by atomic mass is 9.91. The van der Waals surface area contributed by atoms with E-state index in [9.17, 15) is 19.5 Å². The molecule has 1 aliphatic rings. The number of rotatable bonds is 11. The zero-order chi connectivity index (χ0) is 27.2. The first-order valence-electron chi connectivity index (χ1n) is 13.2. The van der Waals surface area contributed by atoms with Crippen LogP contribution in [-0.2, 0) is 22.4 Å². The molecule has 3 aromatic rings. The van der Waals surface area contributed by atoms with Crippen LogP contribution >= 0.6 is 0 Å². The number of amides is 2. The molecule has 4 rings (SSSR count). The van der Waals surface area contributed by atoms with Crippen molar-refractivity contribution >= 4 is 17.8 Å². The summed E-state index contributed by atoms with van der Waals surface area (Å²) in [5.41, 5.74) is 3.59. The van der Waals surface area contributed by atoms with Crippen molar-refractivity contribution in [2.24, 2.45) is 11.8 Å². The maximum absolute atomic E-state index is 14.0. The maximum atomic E-state index is 14.0. The van der Waals surface area contributed by atoms with E-state index in [-0.39, 0.29) is 31.3 Å². The van der Waals surface area contributed by atoms with Crippen LogP contribution in [0.25, 0.3) is 11.1 Å². The third-order valence-corrected chi connectivity index (χ3v) is 7.00. The van der Waals surface area contributed by atoms with Crippen LogP contribution in [-0.4, -0.2) is 47.0 Å². The van der Waals surface area contributed by atoms with E-state index in [0.29, 0.717) is 25.0 Å². The zero-order valence-electron chi connectivity index (χ0n) is 22.2. The van der Waals surface area contributed by atoms with Crippen molar-refractivity contribution < 1.29 is 28.6 Å². The summed E-state index contributed by atoms with van der Waals surface area (Å²) in [6, 6.07) is 18.5. The van der Waals surface area contributed by atoms with Crippen LogP contribution < -0.4 is 0 Å². The second kappa shape index (κ2) is 12.2. The molecule has 2 amide bonds. The second-order valence-corrected chi connectivity index (χ2v) is 10.2. The number of carbonyl (C=O) groups excluding carboxylic acids is 3. The number of hydrogen-bond donors (Lipinski definition) is 1. The summed E-state index contributed by atoms with van der Waals surface area (Å²) in [5.74, 6) is -1.49. The Morgan fingerprint density at radius 2 is 1.82 bits per heavy atom. The van der Waals surface area contributed by atoms with Gasteiger partial charge >= 0.3 is 6.09 Å². The fraction of sp³-hybridized carbons (Fsp3) is 0.387. The predicted octanol–water partition coefficient (Wildman–Crippen LogP) is 5.62. The molecule has 1 N–H and O–H groups in total. The number of furan rings is 1. The molecule has 2 aromatic carbocycles. The first kappa shape index (κ1) is 27.3. The molecule has 1 saturated heterocycles. The Kier molecular flexibility index (Phi) is 8.79. The van der Waals surface area contributed by atoms with E-state index in [1.54, 1.807) is 6.07 Å². The maximum Gasteiger partial charge on any atom is 0.417 e. The zero-order valence-corrected chi connectivity index (χ0v) is 22.2. The molecule has 0 spiro atoms. The number of hydrogen-bond acceptors (Lipinski definition) is 6. The minimum atomic E-state index is -1.15. The van der Waals surface area contributed by atoms with Crippen molar-refractivity contribution in [1.29, 1.82) is 0 Å². The van der Waals surface area contributed by atoms with Crippen molar-refractivity contribution in [2.45, 2.75) is 52.5 Å². The van der Waals surface area contributed by atoms with Gasteiger partial charge in [-0.15, -0.1) is 0 Å². The smallest absolute Gasteiger partial charge is 0.417 e. The SMILES string of the molecule is Cc1cccc(-c2cc(C(=O)[C@@H](Cc3ccccc3)C(=O)N3C(=O)OC[C@H]3C(C)C)oc2CCCCO)c1. The number of cyclic esters (lactones) is 1. The van der Waals surface area contributed by atoms with Crippen molar-refractivity contribution in [1.82, 2.24) is 4.90 Å². The normalized spacial score (nSPS) is 16.1. The quantitative estimate of drug-likeness (QED) is 0.202. The van der Waals surface area contributed by atoms with Crippen molar-refractivity contribution in [3.05, 3.63) is 83.3 Å². The van der Waals surface area contributed by atoms with Gasteiger partial charge in [-0.1, -0.05) is 74.0 Å². The van der Waals surface area contributed by atoms with Crippen molar-refractivity contribution in [3.8, 4) is 11.1 Å².